The molecule has 1 amide bonds. The SMILES string of the molecule is O=C(NCCCCN1CCCC2=C[C@H]3C[C@H](CN4CCCC[C@H]34)[C@@H]21)c1ccc2c(c1)OCO2. The van der Waals surface area contributed by atoms with E-state index in [4.69, 9.17) is 9.47 Å². The monoisotopic (exact) mass is 451 g/mol. The molecule has 4 atom stereocenters. The molecule has 0 unspecified atom stereocenters. The van der Waals surface area contributed by atoms with Gasteiger partial charge in [-0.3, -0.25) is 14.6 Å². The molecule has 1 aromatic rings. The summed E-state index contributed by atoms with van der Waals surface area (Å²) < 4.78 is 10.7. The Morgan fingerprint density at radius 1 is 1.09 bits per heavy atom. The molecule has 2 bridgehead atoms. The van der Waals surface area contributed by atoms with E-state index < -0.39 is 0 Å². The van der Waals surface area contributed by atoms with E-state index in [1.54, 1.807) is 17.7 Å². The average Bonchev–Trinajstić information content (AvgIpc) is 3.32. The van der Waals surface area contributed by atoms with Gasteiger partial charge in [-0.1, -0.05) is 18.1 Å². The summed E-state index contributed by atoms with van der Waals surface area (Å²) in [5, 5.41) is 3.08. The summed E-state index contributed by atoms with van der Waals surface area (Å²) in [5.41, 5.74) is 2.39. The maximum atomic E-state index is 12.5. The second-order valence-corrected chi connectivity index (χ2v) is 10.6. The third kappa shape index (κ3) is 4.28. The molecule has 5 aliphatic rings. The third-order valence-corrected chi connectivity index (χ3v) is 8.55. The summed E-state index contributed by atoms with van der Waals surface area (Å²) in [5.74, 6) is 2.96. The van der Waals surface area contributed by atoms with Crippen molar-refractivity contribution in [3.8, 4) is 11.5 Å². The summed E-state index contributed by atoms with van der Waals surface area (Å²) >= 11 is 0. The zero-order valence-electron chi connectivity index (χ0n) is 19.6. The van der Waals surface area contributed by atoms with Crippen molar-refractivity contribution in [2.24, 2.45) is 11.8 Å². The van der Waals surface area contributed by atoms with E-state index in [0.717, 1.165) is 43.8 Å². The van der Waals surface area contributed by atoms with E-state index in [2.05, 4.69) is 21.2 Å². The van der Waals surface area contributed by atoms with Crippen LogP contribution in [0.5, 0.6) is 11.5 Å². The fourth-order valence-electron chi connectivity index (χ4n) is 7.12. The Bertz CT molecular complexity index is 916. The Kier molecular flexibility index (Phi) is 6.05. The van der Waals surface area contributed by atoms with Crippen LogP contribution in [0.15, 0.2) is 29.8 Å². The summed E-state index contributed by atoms with van der Waals surface area (Å²) in [7, 11) is 0. The second kappa shape index (κ2) is 9.30. The zero-order chi connectivity index (χ0) is 22.2. The van der Waals surface area contributed by atoms with Crippen molar-refractivity contribution < 1.29 is 14.3 Å². The van der Waals surface area contributed by atoms with Crippen LogP contribution < -0.4 is 14.8 Å². The molecule has 1 N–H and O–H groups in total. The highest BCUT2D eigenvalue weighted by Crippen LogP contribution is 2.45. The molecule has 0 saturated carbocycles. The Morgan fingerprint density at radius 3 is 3.00 bits per heavy atom. The van der Waals surface area contributed by atoms with Gasteiger partial charge in [0.1, 0.15) is 0 Å². The van der Waals surface area contributed by atoms with Crippen molar-refractivity contribution in [2.75, 3.05) is 39.5 Å². The van der Waals surface area contributed by atoms with Crippen molar-refractivity contribution in [2.45, 2.75) is 63.5 Å². The first-order chi connectivity index (χ1) is 16.3. The van der Waals surface area contributed by atoms with Crippen LogP contribution in [0, 0.1) is 11.8 Å². The number of carbonyl (C=O) groups excluding carboxylic acids is 1. The van der Waals surface area contributed by atoms with Crippen LogP contribution in [-0.4, -0.2) is 67.3 Å². The predicted octanol–water partition coefficient (Wildman–Crippen LogP) is 3.82. The van der Waals surface area contributed by atoms with Crippen LogP contribution in [0.1, 0.15) is 61.7 Å². The van der Waals surface area contributed by atoms with Gasteiger partial charge < -0.3 is 14.8 Å². The molecule has 0 spiro atoms. The number of piperidine rings is 3. The van der Waals surface area contributed by atoms with Crippen LogP contribution in [-0.2, 0) is 0 Å². The molecule has 3 fully saturated rings. The van der Waals surface area contributed by atoms with Gasteiger partial charge in [0.25, 0.3) is 5.91 Å². The van der Waals surface area contributed by atoms with Gasteiger partial charge in [-0.15, -0.1) is 0 Å². The number of hydrogen-bond acceptors (Lipinski definition) is 5. The number of fused-ring (bicyclic) bond motifs is 7. The van der Waals surface area contributed by atoms with Crippen LogP contribution in [0.4, 0.5) is 0 Å². The molecule has 0 aromatic heterocycles. The molecular formula is C27H37N3O3. The van der Waals surface area contributed by atoms with E-state index in [1.165, 1.54) is 58.2 Å². The standard InChI is InChI=1S/C27H37N3O3/c31-27(20-8-9-24-25(16-20)33-18-32-24)28-10-2-4-11-29-13-5-6-19-14-21-15-22(26(19)29)17-30-12-3-1-7-23(21)30/h8-9,14,16,21-23,26H,1-7,10-13,15,17-18H2,(H,28,31)/t21-,22+,23+,26+/m0/s1. The molecule has 1 aliphatic carbocycles. The second-order valence-electron chi connectivity index (χ2n) is 10.6. The lowest BCUT2D eigenvalue weighted by Crippen LogP contribution is -2.59. The lowest BCUT2D eigenvalue weighted by atomic mass is 9.68. The number of nitrogens with zero attached hydrogens (tertiary/aromatic N) is 2. The zero-order valence-corrected chi connectivity index (χ0v) is 19.6. The lowest BCUT2D eigenvalue weighted by molar-refractivity contribution is -0.000934. The van der Waals surface area contributed by atoms with Gasteiger partial charge in [-0.05, 0) is 94.6 Å². The molecule has 6 heteroatoms. The fraction of sp³-hybridized carbons (Fsp3) is 0.667. The van der Waals surface area contributed by atoms with Crippen LogP contribution in [0.25, 0.3) is 0 Å². The molecule has 3 saturated heterocycles. The number of ether oxygens (including phenoxy) is 2. The molecule has 6 nitrogen and oxygen atoms in total. The minimum absolute atomic E-state index is 0.0342. The molecule has 178 valence electrons. The van der Waals surface area contributed by atoms with Crippen molar-refractivity contribution in [3.63, 3.8) is 0 Å². The molecule has 0 radical (unpaired) electrons. The maximum Gasteiger partial charge on any atom is 0.251 e. The van der Waals surface area contributed by atoms with Gasteiger partial charge >= 0.3 is 0 Å². The predicted molar refractivity (Wildman–Crippen MR) is 128 cm³/mol. The van der Waals surface area contributed by atoms with Crippen molar-refractivity contribution >= 4 is 5.91 Å². The largest absolute Gasteiger partial charge is 0.454 e. The van der Waals surface area contributed by atoms with E-state index >= 15 is 0 Å². The smallest absolute Gasteiger partial charge is 0.251 e. The Labute approximate surface area is 197 Å². The van der Waals surface area contributed by atoms with Gasteiger partial charge in [0.2, 0.25) is 6.79 Å². The number of hydrogen-bond donors (Lipinski definition) is 1. The number of carbonyl (C=O) groups is 1. The summed E-state index contributed by atoms with van der Waals surface area (Å²) in [6, 6.07) is 6.88. The van der Waals surface area contributed by atoms with Gasteiger partial charge in [0, 0.05) is 30.7 Å². The number of benzene rings is 1. The molecule has 4 heterocycles. The van der Waals surface area contributed by atoms with Crippen LogP contribution in [0.2, 0.25) is 0 Å². The lowest BCUT2D eigenvalue weighted by Gasteiger charge is -2.55. The minimum atomic E-state index is -0.0342. The number of amides is 1. The average molecular weight is 452 g/mol. The molecule has 4 aliphatic heterocycles. The molecular weight excluding hydrogens is 414 g/mol. The Morgan fingerprint density at radius 2 is 2.03 bits per heavy atom. The minimum Gasteiger partial charge on any atom is -0.454 e. The summed E-state index contributed by atoms with van der Waals surface area (Å²) in [6.07, 6.45) is 13.1. The van der Waals surface area contributed by atoms with Crippen molar-refractivity contribution in [3.05, 3.63) is 35.4 Å². The van der Waals surface area contributed by atoms with E-state index in [1.807, 2.05) is 6.07 Å². The number of nitrogens with one attached hydrogen (secondary N) is 1. The van der Waals surface area contributed by atoms with E-state index in [9.17, 15) is 4.79 Å². The molecule has 6 rings (SSSR count). The highest BCUT2D eigenvalue weighted by molar-refractivity contribution is 5.94. The molecule has 33 heavy (non-hydrogen) atoms. The van der Waals surface area contributed by atoms with Crippen LogP contribution >= 0.6 is 0 Å². The third-order valence-electron chi connectivity index (χ3n) is 8.55. The maximum absolute atomic E-state index is 12.5. The Hall–Kier alpha value is -2.05. The van der Waals surface area contributed by atoms with Gasteiger partial charge in [-0.2, -0.15) is 0 Å². The van der Waals surface area contributed by atoms with Gasteiger partial charge in [-0.25, -0.2) is 0 Å². The Balaban J connectivity index is 1.00. The quantitative estimate of drug-likeness (QED) is 0.526. The van der Waals surface area contributed by atoms with Gasteiger partial charge in [0.15, 0.2) is 11.5 Å². The topological polar surface area (TPSA) is 54.0 Å². The van der Waals surface area contributed by atoms with Crippen LogP contribution in [0.3, 0.4) is 0 Å². The van der Waals surface area contributed by atoms with Crippen molar-refractivity contribution in [1.29, 1.82) is 0 Å². The highest BCUT2D eigenvalue weighted by atomic mass is 16.7. The highest BCUT2D eigenvalue weighted by Gasteiger charge is 2.45. The first-order valence-electron chi connectivity index (χ1n) is 13.1. The van der Waals surface area contributed by atoms with E-state index in [-0.39, 0.29) is 12.7 Å². The summed E-state index contributed by atoms with van der Waals surface area (Å²) in [6.45, 7) is 5.95. The number of unbranched alkanes of at least 4 members (excludes halogenated alkanes) is 1. The first kappa shape index (κ1) is 21.5. The summed E-state index contributed by atoms with van der Waals surface area (Å²) in [4.78, 5) is 18.1. The number of likely N-dealkylation sites (tertiary alicyclic amines) is 1. The van der Waals surface area contributed by atoms with Gasteiger partial charge in [0.05, 0.1) is 0 Å². The van der Waals surface area contributed by atoms with Crippen molar-refractivity contribution in [1.82, 2.24) is 15.1 Å². The fourth-order valence-corrected chi connectivity index (χ4v) is 7.12. The van der Waals surface area contributed by atoms with E-state index in [0.29, 0.717) is 23.1 Å². The first-order valence-corrected chi connectivity index (χ1v) is 13.1. The molecule has 1 aromatic carbocycles. The number of rotatable bonds is 6. The normalized spacial score (nSPS) is 30.8.